The summed E-state index contributed by atoms with van der Waals surface area (Å²) in [6, 6.07) is 13.2. The minimum absolute atomic E-state index is 0.231. The third-order valence-electron chi connectivity index (χ3n) is 5.21. The van der Waals surface area contributed by atoms with Crippen LogP contribution >= 0.6 is 0 Å². The van der Waals surface area contributed by atoms with Crippen LogP contribution in [-0.4, -0.2) is 18.9 Å². The molecule has 1 aliphatic rings. The molecule has 0 spiro atoms. The van der Waals surface area contributed by atoms with Gasteiger partial charge in [0.05, 0.1) is 12.8 Å². The molecule has 0 unspecified atom stereocenters. The maximum Gasteiger partial charge on any atom is 0.240 e. The lowest BCUT2D eigenvalue weighted by molar-refractivity contribution is -0.131. The van der Waals surface area contributed by atoms with E-state index in [1.54, 1.807) is 19.2 Å². The van der Waals surface area contributed by atoms with Crippen molar-refractivity contribution in [2.75, 3.05) is 17.7 Å². The maximum absolute atomic E-state index is 13.0. The van der Waals surface area contributed by atoms with Gasteiger partial charge in [-0.2, -0.15) is 0 Å². The van der Waals surface area contributed by atoms with Gasteiger partial charge in [0.15, 0.2) is 0 Å². The number of ether oxygens (including phenoxy) is 1. The zero-order chi connectivity index (χ0) is 19.4. The van der Waals surface area contributed by atoms with E-state index in [1.807, 2.05) is 30.3 Å². The van der Waals surface area contributed by atoms with Crippen molar-refractivity contribution in [2.24, 2.45) is 5.41 Å². The number of amides is 2. The summed E-state index contributed by atoms with van der Waals surface area (Å²) in [5, 5.41) is 5.91. The van der Waals surface area contributed by atoms with Gasteiger partial charge in [0.2, 0.25) is 11.8 Å². The Morgan fingerprint density at radius 3 is 2.07 bits per heavy atom. The average molecular weight is 366 g/mol. The predicted molar refractivity (Wildman–Crippen MR) is 107 cm³/mol. The predicted octanol–water partition coefficient (Wildman–Crippen LogP) is 4.18. The minimum Gasteiger partial charge on any atom is -0.495 e. The Bertz CT molecular complexity index is 834. The summed E-state index contributed by atoms with van der Waals surface area (Å²) in [6.45, 7) is 4.12. The van der Waals surface area contributed by atoms with Crippen LogP contribution in [0.5, 0.6) is 5.75 Å². The first-order valence-electron chi connectivity index (χ1n) is 9.42. The number of carbonyl (C=O) groups is 2. The SMILES string of the molecule is CCc1cccc(CC)c1NC(=O)C1(C(=O)Nc2ccccc2OC)CC1. The fourth-order valence-corrected chi connectivity index (χ4v) is 3.31. The maximum atomic E-state index is 13.0. The number of nitrogens with one attached hydrogen (secondary N) is 2. The molecule has 0 radical (unpaired) electrons. The molecular weight excluding hydrogens is 340 g/mol. The number of hydrogen-bond donors (Lipinski definition) is 2. The zero-order valence-corrected chi connectivity index (χ0v) is 16.1. The van der Waals surface area contributed by atoms with Crippen LogP contribution in [0.2, 0.25) is 0 Å². The Morgan fingerprint density at radius 1 is 0.926 bits per heavy atom. The Balaban J connectivity index is 1.80. The fourth-order valence-electron chi connectivity index (χ4n) is 3.31. The number of anilines is 2. The summed E-state index contributed by atoms with van der Waals surface area (Å²) in [5.74, 6) is 0.0636. The molecule has 0 heterocycles. The molecule has 2 amide bonds. The lowest BCUT2D eigenvalue weighted by Gasteiger charge is -2.19. The van der Waals surface area contributed by atoms with E-state index in [0.29, 0.717) is 24.3 Å². The molecule has 0 bridgehead atoms. The molecule has 5 heteroatoms. The van der Waals surface area contributed by atoms with Crippen molar-refractivity contribution in [3.63, 3.8) is 0 Å². The van der Waals surface area contributed by atoms with E-state index in [9.17, 15) is 9.59 Å². The lowest BCUT2D eigenvalue weighted by Crippen LogP contribution is -2.36. The molecule has 2 N–H and O–H groups in total. The quantitative estimate of drug-likeness (QED) is 0.723. The first-order valence-corrected chi connectivity index (χ1v) is 9.42. The summed E-state index contributed by atoms with van der Waals surface area (Å²) < 4.78 is 5.28. The highest BCUT2D eigenvalue weighted by Gasteiger charge is 2.56. The van der Waals surface area contributed by atoms with Crippen molar-refractivity contribution in [2.45, 2.75) is 39.5 Å². The molecule has 1 fully saturated rings. The highest BCUT2D eigenvalue weighted by molar-refractivity contribution is 6.17. The van der Waals surface area contributed by atoms with Crippen molar-refractivity contribution in [3.8, 4) is 5.75 Å². The van der Waals surface area contributed by atoms with Crippen LogP contribution in [0.25, 0.3) is 0 Å². The molecule has 142 valence electrons. The van der Waals surface area contributed by atoms with Gasteiger partial charge in [-0.25, -0.2) is 0 Å². The first kappa shape index (κ1) is 19.0. The molecule has 3 rings (SSSR count). The molecule has 2 aromatic carbocycles. The number of hydrogen-bond acceptors (Lipinski definition) is 3. The average Bonchev–Trinajstić information content (AvgIpc) is 3.50. The zero-order valence-electron chi connectivity index (χ0n) is 16.1. The smallest absolute Gasteiger partial charge is 0.240 e. The van der Waals surface area contributed by atoms with Gasteiger partial charge in [-0.3, -0.25) is 9.59 Å². The van der Waals surface area contributed by atoms with E-state index in [2.05, 4.69) is 24.5 Å². The topological polar surface area (TPSA) is 67.4 Å². The Hall–Kier alpha value is -2.82. The van der Waals surface area contributed by atoms with Crippen LogP contribution in [-0.2, 0) is 22.4 Å². The molecule has 0 saturated heterocycles. The van der Waals surface area contributed by atoms with Gasteiger partial charge in [0, 0.05) is 5.69 Å². The van der Waals surface area contributed by atoms with Crippen LogP contribution in [0.1, 0.15) is 37.8 Å². The van der Waals surface area contributed by atoms with Gasteiger partial charge >= 0.3 is 0 Å². The monoisotopic (exact) mass is 366 g/mol. The molecule has 5 nitrogen and oxygen atoms in total. The molecular formula is C22H26N2O3. The van der Waals surface area contributed by atoms with Crippen LogP contribution in [0.15, 0.2) is 42.5 Å². The van der Waals surface area contributed by atoms with E-state index >= 15 is 0 Å². The summed E-state index contributed by atoms with van der Waals surface area (Å²) in [5.41, 5.74) is 2.59. The Labute approximate surface area is 160 Å². The molecule has 0 aliphatic heterocycles. The standard InChI is InChI=1S/C22H26N2O3/c1-4-15-9-8-10-16(5-2)19(15)24-21(26)22(13-14-22)20(25)23-17-11-6-7-12-18(17)27-3/h6-12H,4-5,13-14H2,1-3H3,(H,23,25)(H,24,26). The van der Waals surface area contributed by atoms with Crippen LogP contribution in [0.3, 0.4) is 0 Å². The molecule has 0 atom stereocenters. The third-order valence-corrected chi connectivity index (χ3v) is 5.21. The number of carbonyl (C=O) groups excluding carboxylic acids is 2. The number of rotatable bonds is 7. The van der Waals surface area contributed by atoms with Gasteiger partial charge in [-0.15, -0.1) is 0 Å². The van der Waals surface area contributed by atoms with Crippen LogP contribution in [0, 0.1) is 5.41 Å². The summed E-state index contributed by atoms with van der Waals surface area (Å²) >= 11 is 0. The van der Waals surface area contributed by atoms with Crippen LogP contribution in [0.4, 0.5) is 11.4 Å². The van der Waals surface area contributed by atoms with Crippen molar-refractivity contribution >= 4 is 23.2 Å². The van der Waals surface area contributed by atoms with E-state index in [-0.39, 0.29) is 11.8 Å². The Morgan fingerprint density at radius 2 is 1.52 bits per heavy atom. The third kappa shape index (κ3) is 3.68. The van der Waals surface area contributed by atoms with Gasteiger partial charge in [-0.1, -0.05) is 44.2 Å². The van der Waals surface area contributed by atoms with Gasteiger partial charge < -0.3 is 15.4 Å². The van der Waals surface area contributed by atoms with Crippen molar-refractivity contribution < 1.29 is 14.3 Å². The second-order valence-electron chi connectivity index (χ2n) is 6.85. The number of methoxy groups -OCH3 is 1. The van der Waals surface area contributed by atoms with Gasteiger partial charge in [-0.05, 0) is 48.9 Å². The largest absolute Gasteiger partial charge is 0.495 e. The van der Waals surface area contributed by atoms with Crippen molar-refractivity contribution in [1.29, 1.82) is 0 Å². The summed E-state index contributed by atoms with van der Waals surface area (Å²) in [7, 11) is 1.55. The number of aryl methyl sites for hydroxylation is 2. The number of para-hydroxylation sites is 3. The molecule has 1 saturated carbocycles. The van der Waals surface area contributed by atoms with Gasteiger partial charge in [0.1, 0.15) is 11.2 Å². The second-order valence-corrected chi connectivity index (χ2v) is 6.85. The van der Waals surface area contributed by atoms with Crippen molar-refractivity contribution in [1.82, 2.24) is 0 Å². The second kappa shape index (κ2) is 7.82. The highest BCUT2D eigenvalue weighted by atomic mass is 16.5. The molecule has 1 aliphatic carbocycles. The Kier molecular flexibility index (Phi) is 5.49. The van der Waals surface area contributed by atoms with E-state index in [4.69, 9.17) is 4.74 Å². The van der Waals surface area contributed by atoms with Crippen molar-refractivity contribution in [3.05, 3.63) is 53.6 Å². The first-order chi connectivity index (χ1) is 13.1. The normalized spacial score (nSPS) is 14.3. The molecule has 0 aromatic heterocycles. The highest BCUT2D eigenvalue weighted by Crippen LogP contribution is 2.48. The molecule has 2 aromatic rings. The van der Waals surface area contributed by atoms with E-state index < -0.39 is 5.41 Å². The number of benzene rings is 2. The summed E-state index contributed by atoms with van der Waals surface area (Å²) in [6.07, 6.45) is 2.75. The molecule has 27 heavy (non-hydrogen) atoms. The minimum atomic E-state index is -1.01. The van der Waals surface area contributed by atoms with E-state index in [0.717, 1.165) is 29.7 Å². The van der Waals surface area contributed by atoms with Crippen LogP contribution < -0.4 is 15.4 Å². The van der Waals surface area contributed by atoms with E-state index in [1.165, 1.54) is 0 Å². The lowest BCUT2D eigenvalue weighted by atomic mass is 10.0. The fraction of sp³-hybridized carbons (Fsp3) is 0.364. The van der Waals surface area contributed by atoms with Gasteiger partial charge in [0.25, 0.3) is 0 Å². The summed E-state index contributed by atoms with van der Waals surface area (Å²) in [4.78, 5) is 25.9.